The number of halogens is 1. The van der Waals surface area contributed by atoms with Gasteiger partial charge < -0.3 is 10.2 Å². The molecule has 0 radical (unpaired) electrons. The van der Waals surface area contributed by atoms with Crippen LogP contribution in [0.2, 0.25) is 0 Å². The molecule has 52 valence electrons. The number of hydrogen-bond acceptors (Lipinski definition) is 3. The van der Waals surface area contributed by atoms with Crippen molar-refractivity contribution in [1.29, 1.82) is 0 Å². The normalized spacial score (nSPS) is 12.2. The second-order valence-electron chi connectivity index (χ2n) is 1.66. The van der Waals surface area contributed by atoms with Crippen LogP contribution in [-0.4, -0.2) is 4.98 Å². The van der Waals surface area contributed by atoms with Crippen molar-refractivity contribution in [2.45, 2.75) is 13.0 Å². The third-order valence-electron chi connectivity index (χ3n) is 0.841. The van der Waals surface area contributed by atoms with Crippen molar-refractivity contribution in [2.75, 3.05) is 0 Å². The molecule has 0 saturated heterocycles. The van der Waals surface area contributed by atoms with E-state index in [-0.39, 0.29) is 18.4 Å². The van der Waals surface area contributed by atoms with Crippen LogP contribution in [0.1, 0.15) is 18.9 Å². The number of rotatable bonds is 1. The Kier molecular flexibility index (Phi) is 3.27. The number of oxazole rings is 1. The molecule has 0 saturated carbocycles. The zero-order valence-corrected chi connectivity index (χ0v) is 5.89. The maximum atomic E-state index is 5.40. The molecule has 0 aliphatic heterocycles. The van der Waals surface area contributed by atoms with E-state index < -0.39 is 0 Å². The van der Waals surface area contributed by atoms with Crippen LogP contribution in [0, 0.1) is 0 Å². The first kappa shape index (κ1) is 8.46. The molecule has 1 rings (SSSR count). The highest BCUT2D eigenvalue weighted by Crippen LogP contribution is 2.03. The standard InChI is InChI=1S/C5H8N2O.ClH/c1-4(6)5-7-2-3-8-5;/h2-4H,6H2,1H3;1H/t4-;/m1./s1. The Morgan fingerprint density at radius 3 is 2.67 bits per heavy atom. The molecular formula is C5H9ClN2O. The quantitative estimate of drug-likeness (QED) is 0.649. The average molecular weight is 149 g/mol. The van der Waals surface area contributed by atoms with Gasteiger partial charge in [-0.25, -0.2) is 4.98 Å². The molecule has 0 amide bonds. The molecule has 0 aliphatic carbocycles. The summed E-state index contributed by atoms with van der Waals surface area (Å²) in [7, 11) is 0. The van der Waals surface area contributed by atoms with E-state index >= 15 is 0 Å². The lowest BCUT2D eigenvalue weighted by atomic mass is 10.4. The van der Waals surface area contributed by atoms with Crippen molar-refractivity contribution < 1.29 is 4.42 Å². The van der Waals surface area contributed by atoms with Gasteiger partial charge in [-0.15, -0.1) is 12.4 Å². The van der Waals surface area contributed by atoms with Crippen LogP contribution in [0.25, 0.3) is 0 Å². The van der Waals surface area contributed by atoms with E-state index in [1.54, 1.807) is 6.20 Å². The van der Waals surface area contributed by atoms with Crippen molar-refractivity contribution in [3.05, 3.63) is 18.4 Å². The van der Waals surface area contributed by atoms with Crippen molar-refractivity contribution >= 4 is 12.4 Å². The molecular weight excluding hydrogens is 140 g/mol. The third kappa shape index (κ3) is 2.03. The summed E-state index contributed by atoms with van der Waals surface area (Å²) >= 11 is 0. The first-order valence-electron chi connectivity index (χ1n) is 2.45. The van der Waals surface area contributed by atoms with Crippen molar-refractivity contribution in [3.63, 3.8) is 0 Å². The lowest BCUT2D eigenvalue weighted by Crippen LogP contribution is -2.04. The zero-order valence-electron chi connectivity index (χ0n) is 5.07. The fourth-order valence-corrected chi connectivity index (χ4v) is 0.459. The van der Waals surface area contributed by atoms with Gasteiger partial charge in [0.2, 0.25) is 5.89 Å². The fourth-order valence-electron chi connectivity index (χ4n) is 0.459. The summed E-state index contributed by atoms with van der Waals surface area (Å²) in [6.07, 6.45) is 3.09. The van der Waals surface area contributed by atoms with Gasteiger partial charge in [-0.3, -0.25) is 0 Å². The van der Waals surface area contributed by atoms with Crippen molar-refractivity contribution in [1.82, 2.24) is 4.98 Å². The average Bonchev–Trinajstić information content (AvgIpc) is 2.12. The number of nitrogens with zero attached hydrogens (tertiary/aromatic N) is 1. The Balaban J connectivity index is 0.000000640. The minimum atomic E-state index is -0.0926. The summed E-state index contributed by atoms with van der Waals surface area (Å²) in [4.78, 5) is 3.82. The molecule has 1 aromatic heterocycles. The van der Waals surface area contributed by atoms with Gasteiger partial charge in [0.15, 0.2) is 0 Å². The van der Waals surface area contributed by atoms with E-state index in [1.807, 2.05) is 6.92 Å². The lowest BCUT2D eigenvalue weighted by molar-refractivity contribution is 0.463. The first-order chi connectivity index (χ1) is 3.80. The summed E-state index contributed by atoms with van der Waals surface area (Å²) < 4.78 is 4.86. The SMILES string of the molecule is C[C@@H](N)c1ncco1.Cl. The topological polar surface area (TPSA) is 52.0 Å². The summed E-state index contributed by atoms with van der Waals surface area (Å²) in [5.74, 6) is 0.588. The van der Waals surface area contributed by atoms with Crippen molar-refractivity contribution in [3.8, 4) is 0 Å². The molecule has 0 fully saturated rings. The van der Waals surface area contributed by atoms with Crippen LogP contribution in [-0.2, 0) is 0 Å². The van der Waals surface area contributed by atoms with Gasteiger partial charge >= 0.3 is 0 Å². The second kappa shape index (κ2) is 3.48. The minimum Gasteiger partial charge on any atom is -0.447 e. The molecule has 2 N–H and O–H groups in total. The van der Waals surface area contributed by atoms with Gasteiger partial charge in [-0.1, -0.05) is 0 Å². The molecule has 0 aliphatic rings. The predicted molar refractivity (Wildman–Crippen MR) is 36.4 cm³/mol. The highest BCUT2D eigenvalue weighted by molar-refractivity contribution is 5.85. The summed E-state index contributed by atoms with van der Waals surface area (Å²) in [5.41, 5.74) is 5.40. The molecule has 0 aromatic carbocycles. The molecule has 1 heterocycles. The number of hydrogen-bond donors (Lipinski definition) is 1. The summed E-state index contributed by atoms with van der Waals surface area (Å²) in [6, 6.07) is -0.0926. The zero-order chi connectivity index (χ0) is 5.98. The maximum Gasteiger partial charge on any atom is 0.210 e. The first-order valence-corrected chi connectivity index (χ1v) is 2.45. The van der Waals surface area contributed by atoms with Gasteiger partial charge in [-0.2, -0.15) is 0 Å². The van der Waals surface area contributed by atoms with Crippen LogP contribution in [0.3, 0.4) is 0 Å². The molecule has 3 nitrogen and oxygen atoms in total. The highest BCUT2D eigenvalue weighted by atomic mass is 35.5. The van der Waals surface area contributed by atoms with Gasteiger partial charge in [0.25, 0.3) is 0 Å². The van der Waals surface area contributed by atoms with E-state index in [1.165, 1.54) is 6.26 Å². The molecule has 0 unspecified atom stereocenters. The van der Waals surface area contributed by atoms with Crippen LogP contribution in [0.5, 0.6) is 0 Å². The summed E-state index contributed by atoms with van der Waals surface area (Å²) in [6.45, 7) is 1.83. The molecule has 0 bridgehead atoms. The summed E-state index contributed by atoms with van der Waals surface area (Å²) in [5, 5.41) is 0. The molecule has 1 atom stereocenters. The Hall–Kier alpha value is -0.540. The Bertz CT molecular complexity index is 150. The molecule has 9 heavy (non-hydrogen) atoms. The highest BCUT2D eigenvalue weighted by Gasteiger charge is 2.00. The second-order valence-corrected chi connectivity index (χ2v) is 1.66. The van der Waals surface area contributed by atoms with E-state index in [4.69, 9.17) is 10.2 Å². The van der Waals surface area contributed by atoms with Gasteiger partial charge in [0.1, 0.15) is 6.26 Å². The van der Waals surface area contributed by atoms with Crippen LogP contribution in [0.15, 0.2) is 16.9 Å². The molecule has 0 spiro atoms. The fraction of sp³-hybridized carbons (Fsp3) is 0.400. The van der Waals surface area contributed by atoms with Crippen molar-refractivity contribution in [2.24, 2.45) is 5.73 Å². The minimum absolute atomic E-state index is 0. The Labute approximate surface area is 59.7 Å². The van der Waals surface area contributed by atoms with Gasteiger partial charge in [0.05, 0.1) is 12.2 Å². The van der Waals surface area contributed by atoms with E-state index in [2.05, 4.69) is 4.98 Å². The van der Waals surface area contributed by atoms with E-state index in [0.29, 0.717) is 5.89 Å². The molecule has 1 aromatic rings. The Morgan fingerprint density at radius 1 is 1.78 bits per heavy atom. The van der Waals surface area contributed by atoms with E-state index in [0.717, 1.165) is 0 Å². The van der Waals surface area contributed by atoms with Crippen LogP contribution in [0.4, 0.5) is 0 Å². The number of nitrogens with two attached hydrogens (primary N) is 1. The van der Waals surface area contributed by atoms with E-state index in [9.17, 15) is 0 Å². The number of aromatic nitrogens is 1. The maximum absolute atomic E-state index is 5.40. The van der Waals surface area contributed by atoms with Gasteiger partial charge in [-0.05, 0) is 6.92 Å². The third-order valence-corrected chi connectivity index (χ3v) is 0.841. The van der Waals surface area contributed by atoms with Crippen LogP contribution < -0.4 is 5.73 Å². The largest absolute Gasteiger partial charge is 0.447 e. The predicted octanol–water partition coefficient (Wildman–Crippen LogP) is 1.12. The molecule has 4 heteroatoms. The van der Waals surface area contributed by atoms with Gasteiger partial charge in [0, 0.05) is 0 Å². The monoisotopic (exact) mass is 148 g/mol. The smallest absolute Gasteiger partial charge is 0.210 e. The van der Waals surface area contributed by atoms with Crippen LogP contribution >= 0.6 is 12.4 Å². The lowest BCUT2D eigenvalue weighted by Gasteiger charge is -1.93. The Morgan fingerprint density at radius 2 is 2.44 bits per heavy atom.